The third-order valence-corrected chi connectivity index (χ3v) is 3.82. The van der Waals surface area contributed by atoms with E-state index >= 15 is 0 Å². The van der Waals surface area contributed by atoms with Gasteiger partial charge in [0.05, 0.1) is 0 Å². The third kappa shape index (κ3) is 4.00. The standard InChI is InChI=1S/C15H25N3/c1-17(2)15-8-11-18(12-9-15)13-10-16-14-6-4-3-5-7-14/h3-7,15-16H,8-13H2,1-2H3. The van der Waals surface area contributed by atoms with Crippen LogP contribution >= 0.6 is 0 Å². The highest BCUT2D eigenvalue weighted by molar-refractivity contribution is 5.42. The highest BCUT2D eigenvalue weighted by atomic mass is 15.2. The van der Waals surface area contributed by atoms with E-state index in [0.717, 1.165) is 19.1 Å². The van der Waals surface area contributed by atoms with Crippen LogP contribution in [0, 0.1) is 0 Å². The van der Waals surface area contributed by atoms with Crippen molar-refractivity contribution in [3.8, 4) is 0 Å². The molecule has 1 heterocycles. The molecule has 1 fully saturated rings. The predicted molar refractivity (Wildman–Crippen MR) is 78.1 cm³/mol. The van der Waals surface area contributed by atoms with Crippen LogP contribution in [0.4, 0.5) is 5.69 Å². The quantitative estimate of drug-likeness (QED) is 0.860. The third-order valence-electron chi connectivity index (χ3n) is 3.82. The number of likely N-dealkylation sites (tertiary alicyclic amines) is 1. The largest absolute Gasteiger partial charge is 0.384 e. The van der Waals surface area contributed by atoms with Crippen LogP contribution in [0.5, 0.6) is 0 Å². The van der Waals surface area contributed by atoms with Gasteiger partial charge in [-0.2, -0.15) is 0 Å². The molecule has 18 heavy (non-hydrogen) atoms. The zero-order valence-corrected chi connectivity index (χ0v) is 11.6. The van der Waals surface area contributed by atoms with Gasteiger partial charge in [-0.1, -0.05) is 18.2 Å². The molecule has 1 aliphatic heterocycles. The molecule has 3 heteroatoms. The van der Waals surface area contributed by atoms with Crippen LogP contribution in [-0.4, -0.2) is 56.1 Å². The second-order valence-corrected chi connectivity index (χ2v) is 5.33. The van der Waals surface area contributed by atoms with E-state index in [1.165, 1.54) is 31.6 Å². The number of benzene rings is 1. The van der Waals surface area contributed by atoms with Crippen molar-refractivity contribution < 1.29 is 0 Å². The first-order chi connectivity index (χ1) is 8.75. The number of nitrogens with one attached hydrogen (secondary N) is 1. The van der Waals surface area contributed by atoms with Gasteiger partial charge in [0.15, 0.2) is 0 Å². The van der Waals surface area contributed by atoms with Crippen LogP contribution < -0.4 is 5.32 Å². The Balaban J connectivity index is 1.64. The summed E-state index contributed by atoms with van der Waals surface area (Å²) in [6.45, 7) is 4.66. The highest BCUT2D eigenvalue weighted by Crippen LogP contribution is 2.13. The Labute approximate surface area is 111 Å². The number of piperidine rings is 1. The van der Waals surface area contributed by atoms with Crippen molar-refractivity contribution in [3.63, 3.8) is 0 Å². The number of nitrogens with zero attached hydrogens (tertiary/aromatic N) is 2. The SMILES string of the molecule is CN(C)C1CCN(CCNc2ccccc2)CC1. The molecular weight excluding hydrogens is 222 g/mol. The van der Waals surface area contributed by atoms with E-state index in [0.29, 0.717) is 0 Å². The maximum Gasteiger partial charge on any atom is 0.0340 e. The van der Waals surface area contributed by atoms with Gasteiger partial charge >= 0.3 is 0 Å². The van der Waals surface area contributed by atoms with E-state index in [2.05, 4.69) is 59.5 Å². The van der Waals surface area contributed by atoms with Crippen molar-refractivity contribution in [2.24, 2.45) is 0 Å². The molecular formula is C15H25N3. The smallest absolute Gasteiger partial charge is 0.0340 e. The maximum atomic E-state index is 3.47. The van der Waals surface area contributed by atoms with Crippen LogP contribution in [0.1, 0.15) is 12.8 Å². The molecule has 3 nitrogen and oxygen atoms in total. The van der Waals surface area contributed by atoms with E-state index in [1.54, 1.807) is 0 Å². The van der Waals surface area contributed by atoms with Crippen molar-refractivity contribution in [1.82, 2.24) is 9.80 Å². The number of rotatable bonds is 5. The molecule has 100 valence electrons. The van der Waals surface area contributed by atoms with Gasteiger partial charge in [-0.15, -0.1) is 0 Å². The van der Waals surface area contributed by atoms with E-state index in [4.69, 9.17) is 0 Å². The predicted octanol–water partition coefficient (Wildman–Crippen LogP) is 2.12. The van der Waals surface area contributed by atoms with Crippen molar-refractivity contribution in [2.75, 3.05) is 45.6 Å². The van der Waals surface area contributed by atoms with Crippen LogP contribution in [0.2, 0.25) is 0 Å². The number of hydrogen-bond acceptors (Lipinski definition) is 3. The lowest BCUT2D eigenvalue weighted by atomic mass is 10.0. The normalized spacial score (nSPS) is 18.2. The Hall–Kier alpha value is -1.06. The molecule has 1 aliphatic rings. The molecule has 0 atom stereocenters. The summed E-state index contributed by atoms with van der Waals surface area (Å²) in [5.74, 6) is 0. The summed E-state index contributed by atoms with van der Waals surface area (Å²) in [7, 11) is 4.38. The Morgan fingerprint density at radius 2 is 1.83 bits per heavy atom. The average Bonchev–Trinajstić information content (AvgIpc) is 2.40. The van der Waals surface area contributed by atoms with Crippen LogP contribution in [0.25, 0.3) is 0 Å². The zero-order valence-electron chi connectivity index (χ0n) is 11.6. The molecule has 1 N–H and O–H groups in total. The Morgan fingerprint density at radius 3 is 2.44 bits per heavy atom. The molecule has 0 unspecified atom stereocenters. The van der Waals surface area contributed by atoms with E-state index in [1.807, 2.05) is 0 Å². The topological polar surface area (TPSA) is 18.5 Å². The maximum absolute atomic E-state index is 3.47. The molecule has 0 amide bonds. The lowest BCUT2D eigenvalue weighted by Gasteiger charge is -2.35. The molecule has 0 spiro atoms. The summed E-state index contributed by atoms with van der Waals surface area (Å²) >= 11 is 0. The van der Waals surface area contributed by atoms with Gasteiger partial charge < -0.3 is 15.1 Å². The Morgan fingerprint density at radius 1 is 1.17 bits per heavy atom. The highest BCUT2D eigenvalue weighted by Gasteiger charge is 2.19. The number of para-hydroxylation sites is 1. The van der Waals surface area contributed by atoms with Gasteiger partial charge in [0.1, 0.15) is 0 Å². The van der Waals surface area contributed by atoms with Gasteiger partial charge in [0.25, 0.3) is 0 Å². The van der Waals surface area contributed by atoms with Crippen molar-refractivity contribution in [1.29, 1.82) is 0 Å². The monoisotopic (exact) mass is 247 g/mol. The summed E-state index contributed by atoms with van der Waals surface area (Å²) in [4.78, 5) is 4.93. The summed E-state index contributed by atoms with van der Waals surface area (Å²) < 4.78 is 0. The molecule has 0 aliphatic carbocycles. The Bertz CT molecular complexity index is 329. The fourth-order valence-corrected chi connectivity index (χ4v) is 2.57. The van der Waals surface area contributed by atoms with E-state index in [9.17, 15) is 0 Å². The van der Waals surface area contributed by atoms with Gasteiger partial charge in [0.2, 0.25) is 0 Å². The van der Waals surface area contributed by atoms with Crippen molar-refractivity contribution in [3.05, 3.63) is 30.3 Å². The lowest BCUT2D eigenvalue weighted by Crippen LogP contribution is -2.43. The first-order valence-corrected chi connectivity index (χ1v) is 6.93. The molecule has 0 aromatic heterocycles. The molecule has 0 radical (unpaired) electrons. The molecule has 0 bridgehead atoms. The van der Waals surface area contributed by atoms with E-state index in [-0.39, 0.29) is 0 Å². The van der Waals surface area contributed by atoms with Gasteiger partial charge in [-0.25, -0.2) is 0 Å². The minimum Gasteiger partial charge on any atom is -0.384 e. The van der Waals surface area contributed by atoms with E-state index < -0.39 is 0 Å². The fraction of sp³-hybridized carbons (Fsp3) is 0.600. The second-order valence-electron chi connectivity index (χ2n) is 5.33. The Kier molecular flexibility index (Phi) is 5.02. The van der Waals surface area contributed by atoms with Crippen LogP contribution in [-0.2, 0) is 0 Å². The summed E-state index contributed by atoms with van der Waals surface area (Å²) in [6.07, 6.45) is 2.61. The van der Waals surface area contributed by atoms with Crippen molar-refractivity contribution in [2.45, 2.75) is 18.9 Å². The number of anilines is 1. The molecule has 1 aromatic rings. The lowest BCUT2D eigenvalue weighted by molar-refractivity contribution is 0.148. The van der Waals surface area contributed by atoms with Gasteiger partial charge in [-0.3, -0.25) is 0 Å². The first-order valence-electron chi connectivity index (χ1n) is 6.93. The van der Waals surface area contributed by atoms with Crippen LogP contribution in [0.15, 0.2) is 30.3 Å². The van der Waals surface area contributed by atoms with Gasteiger partial charge in [-0.05, 0) is 52.2 Å². The molecule has 1 saturated heterocycles. The second kappa shape index (κ2) is 6.76. The van der Waals surface area contributed by atoms with Crippen LogP contribution in [0.3, 0.4) is 0 Å². The zero-order chi connectivity index (χ0) is 12.8. The summed E-state index contributed by atoms with van der Waals surface area (Å²) in [5.41, 5.74) is 1.22. The summed E-state index contributed by atoms with van der Waals surface area (Å²) in [6, 6.07) is 11.2. The molecule has 0 saturated carbocycles. The first kappa shape index (κ1) is 13.4. The number of hydrogen-bond donors (Lipinski definition) is 1. The molecule has 1 aromatic carbocycles. The molecule has 2 rings (SSSR count). The average molecular weight is 247 g/mol. The van der Waals surface area contributed by atoms with Gasteiger partial charge in [0, 0.05) is 24.8 Å². The van der Waals surface area contributed by atoms with Crippen molar-refractivity contribution >= 4 is 5.69 Å². The minimum atomic E-state index is 0.781. The minimum absolute atomic E-state index is 0.781. The fourth-order valence-electron chi connectivity index (χ4n) is 2.57. The summed E-state index contributed by atoms with van der Waals surface area (Å²) in [5, 5.41) is 3.47.